The van der Waals surface area contributed by atoms with Crippen molar-refractivity contribution in [3.05, 3.63) is 58.1 Å². The van der Waals surface area contributed by atoms with E-state index in [1.165, 1.54) is 11.1 Å². The molecule has 6 atom stereocenters. The largest absolute Gasteiger partial charge is 0.490 e. The summed E-state index contributed by atoms with van der Waals surface area (Å²) < 4.78 is 48.6. The van der Waals surface area contributed by atoms with E-state index in [0.717, 1.165) is 74.5 Å². The summed E-state index contributed by atoms with van der Waals surface area (Å²) in [5, 5.41) is 0.750. The molecule has 1 saturated heterocycles. The number of benzene rings is 2. The average Bonchev–Trinajstić information content (AvgIpc) is 3.20. The normalized spacial score (nSPS) is 34.9. The number of carbonyl (C=O) groups is 1. The highest BCUT2D eigenvalue weighted by Crippen LogP contribution is 2.49. The Hall–Kier alpha value is -2.37. The Bertz CT molecular complexity index is 1650. The first-order valence-electron chi connectivity index (χ1n) is 18.2. The quantitative estimate of drug-likeness (QED) is 0.412. The number of anilines is 1. The van der Waals surface area contributed by atoms with Crippen molar-refractivity contribution in [2.24, 2.45) is 29.6 Å². The number of rotatable bonds is 2. The molecule has 1 saturated carbocycles. The minimum atomic E-state index is -3.86. The van der Waals surface area contributed by atoms with Crippen molar-refractivity contribution in [2.45, 2.75) is 76.5 Å². The summed E-state index contributed by atoms with van der Waals surface area (Å²) in [5.74, 6) is 1.07. The van der Waals surface area contributed by atoms with E-state index in [-0.39, 0.29) is 41.3 Å². The van der Waals surface area contributed by atoms with E-state index in [1.807, 2.05) is 25.1 Å². The highest BCUT2D eigenvalue weighted by atomic mass is 35.5. The first-order valence-corrected chi connectivity index (χ1v) is 20.2. The number of hydrogen-bond donors (Lipinski definition) is 1. The Kier molecular flexibility index (Phi) is 10.0. The maximum Gasteiger partial charge on any atom is 0.264 e. The Labute approximate surface area is 297 Å². The summed E-state index contributed by atoms with van der Waals surface area (Å²) in [5.41, 5.74) is 3.49. The number of amides is 1. The topological polar surface area (TPSA) is 97.4 Å². The lowest BCUT2D eigenvalue weighted by molar-refractivity contribution is -0.241. The molecule has 1 N–H and O–H groups in total. The van der Waals surface area contributed by atoms with Gasteiger partial charge >= 0.3 is 0 Å². The highest BCUT2D eigenvalue weighted by Gasteiger charge is 2.47. The number of carbonyl (C=O) groups excluding carboxylic acids is 1. The summed E-state index contributed by atoms with van der Waals surface area (Å²) in [7, 11) is 0.266. The van der Waals surface area contributed by atoms with Gasteiger partial charge in [-0.15, -0.1) is 0 Å². The van der Waals surface area contributed by atoms with Crippen molar-refractivity contribution >= 4 is 33.2 Å². The molecular weight excluding hydrogens is 662 g/mol. The minimum Gasteiger partial charge on any atom is -0.490 e. The molecule has 2 bridgehead atoms. The van der Waals surface area contributed by atoms with E-state index >= 15 is 0 Å². The molecule has 0 aromatic heterocycles. The van der Waals surface area contributed by atoms with Gasteiger partial charge in [-0.3, -0.25) is 4.79 Å². The van der Waals surface area contributed by atoms with Gasteiger partial charge in [-0.25, -0.2) is 13.1 Å². The predicted octanol–water partition coefficient (Wildman–Crippen LogP) is 5.88. The van der Waals surface area contributed by atoms with Crippen LogP contribution in [0.1, 0.15) is 73.9 Å². The van der Waals surface area contributed by atoms with Crippen LogP contribution in [0.15, 0.2) is 36.4 Å². The molecule has 2 aliphatic carbocycles. The molecule has 1 amide bonds. The van der Waals surface area contributed by atoms with Crippen molar-refractivity contribution in [1.82, 2.24) is 9.62 Å². The number of aryl methyl sites for hydroxylation is 1. The molecule has 0 radical (unpaired) electrons. The molecule has 268 valence electrons. The lowest BCUT2D eigenvalue weighted by Crippen LogP contribution is -2.52. The van der Waals surface area contributed by atoms with Gasteiger partial charge in [0.25, 0.3) is 5.91 Å². The van der Waals surface area contributed by atoms with E-state index in [4.69, 9.17) is 25.8 Å². The predicted molar refractivity (Wildman–Crippen MR) is 192 cm³/mol. The Morgan fingerprint density at radius 2 is 1.76 bits per heavy atom. The molecule has 11 heteroatoms. The van der Waals surface area contributed by atoms with Gasteiger partial charge in [0.2, 0.25) is 10.0 Å². The number of sulfonamides is 1. The van der Waals surface area contributed by atoms with Crippen LogP contribution < -0.4 is 14.4 Å². The van der Waals surface area contributed by atoms with Gasteiger partial charge in [-0.1, -0.05) is 31.5 Å². The third-order valence-corrected chi connectivity index (χ3v) is 14.1. The van der Waals surface area contributed by atoms with Gasteiger partial charge in [0.15, 0.2) is 6.29 Å². The average molecular weight is 714 g/mol. The third kappa shape index (κ3) is 7.23. The molecule has 3 aliphatic heterocycles. The van der Waals surface area contributed by atoms with Gasteiger partial charge in [0.1, 0.15) is 5.75 Å². The lowest BCUT2D eigenvalue weighted by atomic mass is 9.64. The van der Waals surface area contributed by atoms with Crippen LogP contribution >= 0.6 is 11.6 Å². The van der Waals surface area contributed by atoms with Crippen LogP contribution in [0.3, 0.4) is 0 Å². The van der Waals surface area contributed by atoms with E-state index in [1.54, 1.807) is 6.07 Å². The van der Waals surface area contributed by atoms with Gasteiger partial charge in [0, 0.05) is 35.0 Å². The van der Waals surface area contributed by atoms with Crippen LogP contribution in [-0.2, 0) is 31.3 Å². The monoisotopic (exact) mass is 713 g/mol. The smallest absolute Gasteiger partial charge is 0.264 e. The molecule has 3 heterocycles. The zero-order valence-electron chi connectivity index (χ0n) is 29.3. The fraction of sp³-hybridized carbons (Fsp3) is 0.658. The molecule has 5 aliphatic rings. The second kappa shape index (κ2) is 14.0. The van der Waals surface area contributed by atoms with E-state index in [2.05, 4.69) is 47.7 Å². The number of ether oxygens (including phenoxy) is 3. The summed E-state index contributed by atoms with van der Waals surface area (Å²) in [6.45, 7) is 7.45. The number of halogens is 1. The second-order valence-electron chi connectivity index (χ2n) is 15.8. The molecule has 1 spiro atoms. The fourth-order valence-electron chi connectivity index (χ4n) is 9.02. The zero-order valence-corrected chi connectivity index (χ0v) is 30.9. The number of nitrogens with zero attached hydrogens (tertiary/aromatic N) is 2. The maximum absolute atomic E-state index is 13.5. The van der Waals surface area contributed by atoms with Gasteiger partial charge < -0.3 is 24.0 Å². The second-order valence-corrected chi connectivity index (χ2v) is 18.1. The van der Waals surface area contributed by atoms with Crippen molar-refractivity contribution in [3.63, 3.8) is 0 Å². The third-order valence-electron chi connectivity index (χ3n) is 12.4. The van der Waals surface area contributed by atoms with Gasteiger partial charge in [-0.2, -0.15) is 0 Å². The number of likely N-dealkylation sites (N-methyl/N-ethyl adjacent to an activating group) is 1. The Morgan fingerprint density at radius 1 is 0.980 bits per heavy atom. The SMILES string of the molecule is C[C@@H]1CC[C@@H]([C@H]2OC[C@H](N(C)C)CO2)[C@@H]2CC[C@H]2CN2C[C@@]3(CCCc4cc(Cl)ccc43)COc3ccc(cc32)C(=O)NS(=O)(=O)C[C@@H]1C. The van der Waals surface area contributed by atoms with Gasteiger partial charge in [-0.05, 0) is 124 Å². The fourth-order valence-corrected chi connectivity index (χ4v) is 10.7. The molecule has 9 nitrogen and oxygen atoms in total. The van der Waals surface area contributed by atoms with E-state index in [9.17, 15) is 13.2 Å². The van der Waals surface area contributed by atoms with Crippen molar-refractivity contribution < 1.29 is 27.4 Å². The van der Waals surface area contributed by atoms with Crippen molar-refractivity contribution in [1.29, 1.82) is 0 Å². The van der Waals surface area contributed by atoms with Crippen LogP contribution in [-0.4, -0.2) is 84.3 Å². The molecule has 2 aromatic carbocycles. The van der Waals surface area contributed by atoms with E-state index in [0.29, 0.717) is 37.2 Å². The maximum atomic E-state index is 13.5. The Morgan fingerprint density at radius 3 is 2.49 bits per heavy atom. The first-order chi connectivity index (χ1) is 23.4. The van der Waals surface area contributed by atoms with Crippen molar-refractivity contribution in [3.8, 4) is 5.75 Å². The van der Waals surface area contributed by atoms with E-state index < -0.39 is 15.9 Å². The van der Waals surface area contributed by atoms with Crippen LogP contribution in [0.2, 0.25) is 5.02 Å². The highest BCUT2D eigenvalue weighted by molar-refractivity contribution is 7.90. The number of nitrogens with one attached hydrogen (secondary N) is 1. The lowest BCUT2D eigenvalue weighted by Gasteiger charge is -2.49. The summed E-state index contributed by atoms with van der Waals surface area (Å²) in [6.07, 6.45) is 6.73. The summed E-state index contributed by atoms with van der Waals surface area (Å²) >= 11 is 6.47. The standard InChI is InChI=1S/C38H52ClN3O6S/c1-24-7-11-32(37-46-19-30(20-47-37)41(3)4)31-12-8-28(31)18-42-22-38(15-5-6-26-16-29(39)10-13-33(26)38)23-48-35-14-9-27(17-34(35)42)36(43)40-49(44,45)21-25(24)2/h9-10,13-14,16-17,24-25,28,30-32,37H,5-8,11-12,15,18-23H2,1-4H3,(H,40,43)/t24-,25+,28+,30-,31-,32-,37-,38+/m1/s1. The molecular formula is C38H52ClN3O6S. The molecule has 49 heavy (non-hydrogen) atoms. The number of hydrogen-bond acceptors (Lipinski definition) is 8. The van der Waals surface area contributed by atoms with Gasteiger partial charge in [0.05, 0.1) is 37.3 Å². The number of fused-ring (bicyclic) bond motifs is 4. The Balaban J connectivity index is 1.26. The molecule has 0 unspecified atom stereocenters. The first kappa shape index (κ1) is 35.1. The minimum absolute atomic E-state index is 0.107. The summed E-state index contributed by atoms with van der Waals surface area (Å²) in [6, 6.07) is 11.9. The van der Waals surface area contributed by atoms with Crippen LogP contribution in [0.25, 0.3) is 0 Å². The van der Waals surface area contributed by atoms with Crippen molar-refractivity contribution in [2.75, 3.05) is 57.7 Å². The van der Waals surface area contributed by atoms with Crippen LogP contribution in [0.5, 0.6) is 5.75 Å². The molecule has 2 fully saturated rings. The molecule has 7 rings (SSSR count). The zero-order chi connectivity index (χ0) is 34.5. The van der Waals surface area contributed by atoms with Crippen LogP contribution in [0, 0.1) is 29.6 Å². The van der Waals surface area contributed by atoms with Crippen LogP contribution in [0.4, 0.5) is 5.69 Å². The summed E-state index contributed by atoms with van der Waals surface area (Å²) in [4.78, 5) is 18.1. The molecule has 2 aromatic rings.